The van der Waals surface area contributed by atoms with E-state index in [1.807, 2.05) is 4.90 Å². The third kappa shape index (κ3) is 2.84. The molecule has 0 bridgehead atoms. The highest BCUT2D eigenvalue weighted by molar-refractivity contribution is 5.90. The number of primary amides is 1. The second-order valence-electron chi connectivity index (χ2n) is 5.88. The molecule has 108 valence electrons. The first-order chi connectivity index (χ1) is 9.63. The van der Waals surface area contributed by atoms with Crippen LogP contribution < -0.4 is 5.73 Å². The van der Waals surface area contributed by atoms with E-state index in [4.69, 9.17) is 5.73 Å². The summed E-state index contributed by atoms with van der Waals surface area (Å²) in [5.74, 6) is 0.768. The van der Waals surface area contributed by atoms with Crippen molar-refractivity contribution in [3.05, 3.63) is 17.5 Å². The van der Waals surface area contributed by atoms with Gasteiger partial charge in [0.25, 0.3) is 5.91 Å². The van der Waals surface area contributed by atoms with Crippen molar-refractivity contribution in [2.45, 2.75) is 38.0 Å². The first-order valence-electron chi connectivity index (χ1n) is 7.26. The van der Waals surface area contributed by atoms with E-state index in [1.165, 1.54) is 12.8 Å². The Morgan fingerprint density at radius 3 is 2.55 bits per heavy atom. The monoisotopic (exact) mass is 276 g/mol. The Morgan fingerprint density at radius 1 is 1.30 bits per heavy atom. The predicted octanol–water partition coefficient (Wildman–Crippen LogP) is 1.01. The van der Waals surface area contributed by atoms with Crippen molar-refractivity contribution >= 4 is 11.8 Å². The molecule has 2 amide bonds. The lowest BCUT2D eigenvalue weighted by Crippen LogP contribution is -2.38. The van der Waals surface area contributed by atoms with E-state index in [2.05, 4.69) is 10.2 Å². The van der Waals surface area contributed by atoms with E-state index in [1.54, 1.807) is 6.07 Å². The van der Waals surface area contributed by atoms with Gasteiger partial charge in [-0.25, -0.2) is 0 Å². The van der Waals surface area contributed by atoms with Crippen molar-refractivity contribution in [2.75, 3.05) is 13.1 Å². The molecule has 0 spiro atoms. The first kappa shape index (κ1) is 13.1. The maximum atomic E-state index is 12.0. The molecule has 1 aliphatic heterocycles. The molecule has 2 heterocycles. The number of hydrogen-bond acceptors (Lipinski definition) is 3. The van der Waals surface area contributed by atoms with Crippen LogP contribution in [0.2, 0.25) is 0 Å². The second kappa shape index (κ2) is 5.26. The Balaban J connectivity index is 1.54. The van der Waals surface area contributed by atoms with Gasteiger partial charge >= 0.3 is 0 Å². The molecule has 0 radical (unpaired) electrons. The van der Waals surface area contributed by atoms with Crippen molar-refractivity contribution in [2.24, 2.45) is 11.7 Å². The van der Waals surface area contributed by atoms with E-state index in [9.17, 15) is 9.59 Å². The molecule has 1 aromatic rings. The Kier molecular flexibility index (Phi) is 3.46. The zero-order valence-corrected chi connectivity index (χ0v) is 11.5. The number of nitrogens with two attached hydrogens (primary N) is 1. The fourth-order valence-corrected chi connectivity index (χ4v) is 2.81. The lowest BCUT2D eigenvalue weighted by atomic mass is 9.93. The van der Waals surface area contributed by atoms with E-state index >= 15 is 0 Å². The molecule has 0 atom stereocenters. The largest absolute Gasteiger partial charge is 0.364 e. The maximum absolute atomic E-state index is 12.0. The maximum Gasteiger partial charge on any atom is 0.269 e. The van der Waals surface area contributed by atoms with Gasteiger partial charge in [-0.1, -0.05) is 0 Å². The number of nitrogens with zero attached hydrogens (tertiary/aromatic N) is 2. The number of piperidine rings is 1. The number of hydrogen-bond donors (Lipinski definition) is 2. The highest BCUT2D eigenvalue weighted by atomic mass is 16.2. The van der Waals surface area contributed by atoms with Gasteiger partial charge in [-0.15, -0.1) is 0 Å². The van der Waals surface area contributed by atoms with Crippen LogP contribution in [0.1, 0.15) is 54.2 Å². The molecule has 0 unspecified atom stereocenters. The first-order valence-corrected chi connectivity index (χ1v) is 7.26. The molecule has 1 aromatic heterocycles. The number of aromatic amines is 1. The number of aromatic nitrogens is 2. The number of H-pyrrole nitrogens is 1. The van der Waals surface area contributed by atoms with Crippen molar-refractivity contribution < 1.29 is 9.59 Å². The molecule has 1 saturated heterocycles. The van der Waals surface area contributed by atoms with E-state index < -0.39 is 5.91 Å². The molecule has 0 aromatic carbocycles. The topological polar surface area (TPSA) is 92.1 Å². The van der Waals surface area contributed by atoms with Crippen LogP contribution in [0.4, 0.5) is 0 Å². The minimum Gasteiger partial charge on any atom is -0.364 e. The van der Waals surface area contributed by atoms with Gasteiger partial charge in [0.1, 0.15) is 5.69 Å². The van der Waals surface area contributed by atoms with Crippen LogP contribution in [0.3, 0.4) is 0 Å². The Morgan fingerprint density at radius 2 is 2.00 bits per heavy atom. The van der Waals surface area contributed by atoms with Crippen LogP contribution in [0, 0.1) is 5.92 Å². The summed E-state index contributed by atoms with van der Waals surface area (Å²) in [5.41, 5.74) is 6.43. The van der Waals surface area contributed by atoms with Crippen LogP contribution in [-0.2, 0) is 4.79 Å². The summed E-state index contributed by atoms with van der Waals surface area (Å²) in [7, 11) is 0. The zero-order valence-electron chi connectivity index (χ0n) is 11.5. The van der Waals surface area contributed by atoms with Crippen molar-refractivity contribution in [3.8, 4) is 0 Å². The molecule has 20 heavy (non-hydrogen) atoms. The molecule has 1 aliphatic carbocycles. The third-order valence-electron chi connectivity index (χ3n) is 4.30. The van der Waals surface area contributed by atoms with Gasteiger partial charge in [0.2, 0.25) is 5.91 Å². The second-order valence-corrected chi connectivity index (χ2v) is 5.88. The summed E-state index contributed by atoms with van der Waals surface area (Å²) in [6.45, 7) is 1.59. The quantitative estimate of drug-likeness (QED) is 0.859. The Bertz CT molecular complexity index is 513. The SMILES string of the molecule is NC(=O)c1cc(C2CCN(C(=O)CC3CC3)CC2)[nH]n1. The molecule has 6 heteroatoms. The molecule has 3 N–H and O–H groups in total. The van der Waals surface area contributed by atoms with E-state index in [0.29, 0.717) is 17.7 Å². The number of carbonyl (C=O) groups is 2. The zero-order chi connectivity index (χ0) is 14.1. The van der Waals surface area contributed by atoms with E-state index in [0.717, 1.165) is 38.0 Å². The molecule has 6 nitrogen and oxygen atoms in total. The van der Waals surface area contributed by atoms with Crippen LogP contribution in [-0.4, -0.2) is 40.0 Å². The van der Waals surface area contributed by atoms with Gasteiger partial charge in [0.05, 0.1) is 0 Å². The number of rotatable bonds is 4. The Hall–Kier alpha value is -1.85. The number of carbonyl (C=O) groups excluding carboxylic acids is 2. The van der Waals surface area contributed by atoms with Crippen molar-refractivity contribution in [1.29, 1.82) is 0 Å². The van der Waals surface area contributed by atoms with Crippen molar-refractivity contribution in [3.63, 3.8) is 0 Å². The van der Waals surface area contributed by atoms with E-state index in [-0.39, 0.29) is 5.69 Å². The number of nitrogens with one attached hydrogen (secondary N) is 1. The van der Waals surface area contributed by atoms with Crippen LogP contribution in [0.15, 0.2) is 6.07 Å². The molecule has 2 aliphatic rings. The number of amides is 2. The van der Waals surface area contributed by atoms with Gasteiger partial charge in [-0.2, -0.15) is 5.10 Å². The molecule has 3 rings (SSSR count). The number of likely N-dealkylation sites (tertiary alicyclic amines) is 1. The summed E-state index contributed by atoms with van der Waals surface area (Å²) in [4.78, 5) is 25.0. The highest BCUT2D eigenvalue weighted by Crippen LogP contribution is 2.34. The molecular formula is C14H20N4O2. The molecule has 1 saturated carbocycles. The van der Waals surface area contributed by atoms with Crippen LogP contribution in [0.25, 0.3) is 0 Å². The minimum absolute atomic E-state index is 0.284. The van der Waals surface area contributed by atoms with Crippen LogP contribution in [0.5, 0.6) is 0 Å². The minimum atomic E-state index is -0.510. The molecule has 2 fully saturated rings. The summed E-state index contributed by atoms with van der Waals surface area (Å²) < 4.78 is 0. The Labute approximate surface area is 117 Å². The lowest BCUT2D eigenvalue weighted by molar-refractivity contribution is -0.132. The normalized spacial score (nSPS) is 20.1. The smallest absolute Gasteiger partial charge is 0.269 e. The third-order valence-corrected chi connectivity index (χ3v) is 4.30. The fourth-order valence-electron chi connectivity index (χ4n) is 2.81. The van der Waals surface area contributed by atoms with Gasteiger partial charge < -0.3 is 10.6 Å². The van der Waals surface area contributed by atoms with Gasteiger partial charge in [-0.3, -0.25) is 14.7 Å². The predicted molar refractivity (Wildman–Crippen MR) is 73.0 cm³/mol. The summed E-state index contributed by atoms with van der Waals surface area (Å²) in [5, 5.41) is 6.80. The average Bonchev–Trinajstić information content (AvgIpc) is 3.11. The van der Waals surface area contributed by atoms with Crippen LogP contribution >= 0.6 is 0 Å². The van der Waals surface area contributed by atoms with Gasteiger partial charge in [0.15, 0.2) is 0 Å². The fraction of sp³-hybridized carbons (Fsp3) is 0.643. The summed E-state index contributed by atoms with van der Waals surface area (Å²) >= 11 is 0. The van der Waals surface area contributed by atoms with Crippen molar-refractivity contribution in [1.82, 2.24) is 15.1 Å². The summed E-state index contributed by atoms with van der Waals surface area (Å²) in [6.07, 6.45) is 4.98. The van der Waals surface area contributed by atoms with Gasteiger partial charge in [-0.05, 0) is 37.7 Å². The summed E-state index contributed by atoms with van der Waals surface area (Å²) in [6, 6.07) is 1.73. The average molecular weight is 276 g/mol. The molecular weight excluding hydrogens is 256 g/mol. The van der Waals surface area contributed by atoms with Gasteiger partial charge in [0, 0.05) is 31.1 Å². The highest BCUT2D eigenvalue weighted by Gasteiger charge is 2.30. The standard InChI is InChI=1S/C14H20N4O2/c15-14(20)12-8-11(16-17-12)10-3-5-18(6-4-10)13(19)7-9-1-2-9/h8-10H,1-7H2,(H2,15,20)(H,16,17). The lowest BCUT2D eigenvalue weighted by Gasteiger charge is -2.31.